The molecule has 0 radical (unpaired) electrons. The van der Waals surface area contributed by atoms with Gasteiger partial charge in [0, 0.05) is 56.6 Å². The number of sulfonamides is 1. The lowest BCUT2D eigenvalue weighted by atomic mass is 10.1. The molecule has 1 heterocycles. The second-order valence-electron chi connectivity index (χ2n) is 8.83. The molecule has 4 rings (SSSR count). The Kier molecular flexibility index (Phi) is 7.74. The van der Waals surface area contributed by atoms with E-state index in [1.54, 1.807) is 24.3 Å². The summed E-state index contributed by atoms with van der Waals surface area (Å²) in [5.74, 6) is -0.231. The summed E-state index contributed by atoms with van der Waals surface area (Å²) in [5, 5.41) is 17.5. The smallest absolute Gasteiger partial charge is 0.292 e. The summed E-state index contributed by atoms with van der Waals surface area (Å²) in [7, 11) is -3.69. The van der Waals surface area contributed by atoms with Crippen molar-refractivity contribution in [3.05, 3.63) is 88.5 Å². The van der Waals surface area contributed by atoms with Crippen molar-refractivity contribution in [2.45, 2.75) is 24.8 Å². The minimum absolute atomic E-state index is 0.0181. The lowest BCUT2D eigenvalue weighted by molar-refractivity contribution is -0.384. The fourth-order valence-electron chi connectivity index (χ4n) is 4.30. The summed E-state index contributed by atoms with van der Waals surface area (Å²) < 4.78 is 27.7. The Hall–Kier alpha value is -3.96. The van der Waals surface area contributed by atoms with Crippen molar-refractivity contribution in [2.24, 2.45) is 0 Å². The van der Waals surface area contributed by atoms with Crippen LogP contribution in [-0.4, -0.2) is 49.7 Å². The molecule has 1 aliphatic rings. The predicted molar refractivity (Wildman–Crippen MR) is 143 cm³/mol. The number of nitro benzene ring substituents is 1. The van der Waals surface area contributed by atoms with Crippen LogP contribution in [0.5, 0.6) is 0 Å². The van der Waals surface area contributed by atoms with Crippen molar-refractivity contribution in [3.8, 4) is 0 Å². The number of rotatable bonds is 8. The predicted octanol–water partition coefficient (Wildman–Crippen LogP) is 4.24. The highest BCUT2D eigenvalue weighted by Crippen LogP contribution is 2.33. The van der Waals surface area contributed by atoms with E-state index in [1.807, 2.05) is 42.2 Å². The fraction of sp³-hybridized carbons (Fsp3) is 0.269. The minimum Gasteiger partial charge on any atom is -0.373 e. The van der Waals surface area contributed by atoms with Crippen LogP contribution in [-0.2, 0) is 14.8 Å². The molecule has 0 saturated carbocycles. The van der Waals surface area contributed by atoms with Gasteiger partial charge >= 0.3 is 0 Å². The Morgan fingerprint density at radius 2 is 1.62 bits per heavy atom. The van der Waals surface area contributed by atoms with Gasteiger partial charge < -0.3 is 15.5 Å². The SMILES string of the molecule is CC(=O)Nc1ccc(S(=O)(=O)N2CCN(c3ccc([N+](=O)[O-])c(N[C@H](C)c4ccccc4)c3)CC2)cc1. The minimum atomic E-state index is -3.69. The highest BCUT2D eigenvalue weighted by Gasteiger charge is 2.29. The second kappa shape index (κ2) is 11.0. The van der Waals surface area contributed by atoms with Gasteiger partial charge in [0.05, 0.1) is 9.82 Å². The average Bonchev–Trinajstić information content (AvgIpc) is 2.89. The molecule has 0 unspecified atom stereocenters. The zero-order valence-corrected chi connectivity index (χ0v) is 21.4. The molecule has 1 saturated heterocycles. The number of nitrogens with one attached hydrogen (secondary N) is 2. The van der Waals surface area contributed by atoms with E-state index in [1.165, 1.54) is 29.4 Å². The van der Waals surface area contributed by atoms with E-state index in [0.29, 0.717) is 24.5 Å². The van der Waals surface area contributed by atoms with E-state index >= 15 is 0 Å². The number of amides is 1. The zero-order chi connectivity index (χ0) is 26.6. The van der Waals surface area contributed by atoms with Crippen LogP contribution in [0.25, 0.3) is 0 Å². The molecule has 1 fully saturated rings. The van der Waals surface area contributed by atoms with Gasteiger partial charge in [-0.2, -0.15) is 4.31 Å². The van der Waals surface area contributed by atoms with Gasteiger partial charge in [-0.05, 0) is 48.9 Å². The van der Waals surface area contributed by atoms with Crippen molar-refractivity contribution < 1.29 is 18.1 Å². The lowest BCUT2D eigenvalue weighted by Crippen LogP contribution is -2.48. The third-order valence-electron chi connectivity index (χ3n) is 6.26. The summed E-state index contributed by atoms with van der Waals surface area (Å²) in [6.45, 7) is 4.76. The zero-order valence-electron chi connectivity index (χ0n) is 20.6. The summed E-state index contributed by atoms with van der Waals surface area (Å²) in [6.07, 6.45) is 0. The standard InChI is InChI=1S/C26H29N5O5S/c1-19(21-6-4-3-5-7-21)27-25-18-23(10-13-26(25)31(33)34)29-14-16-30(17-15-29)37(35,36)24-11-8-22(9-12-24)28-20(2)32/h3-13,18-19,27H,14-17H2,1-2H3,(H,28,32)/t19-/m1/s1. The molecule has 194 valence electrons. The molecule has 37 heavy (non-hydrogen) atoms. The van der Waals surface area contributed by atoms with Crippen LogP contribution in [0, 0.1) is 10.1 Å². The van der Waals surface area contributed by atoms with Gasteiger partial charge in [0.15, 0.2) is 0 Å². The second-order valence-corrected chi connectivity index (χ2v) is 10.8. The lowest BCUT2D eigenvalue weighted by Gasteiger charge is -2.35. The first-order chi connectivity index (χ1) is 17.6. The number of nitro groups is 1. The van der Waals surface area contributed by atoms with Crippen molar-refractivity contribution in [1.82, 2.24) is 4.31 Å². The summed E-state index contributed by atoms with van der Waals surface area (Å²) >= 11 is 0. The first kappa shape index (κ1) is 26.1. The molecule has 1 atom stereocenters. The summed E-state index contributed by atoms with van der Waals surface area (Å²) in [6, 6.07) is 20.5. The maximum atomic E-state index is 13.1. The highest BCUT2D eigenvalue weighted by molar-refractivity contribution is 7.89. The molecule has 0 aliphatic carbocycles. The number of carbonyl (C=O) groups is 1. The van der Waals surface area contributed by atoms with Crippen LogP contribution in [0.2, 0.25) is 0 Å². The molecule has 3 aromatic rings. The molecule has 10 nitrogen and oxygen atoms in total. The van der Waals surface area contributed by atoms with Crippen molar-refractivity contribution >= 4 is 38.7 Å². The number of hydrogen-bond donors (Lipinski definition) is 2. The average molecular weight is 524 g/mol. The number of hydrogen-bond acceptors (Lipinski definition) is 7. The monoisotopic (exact) mass is 523 g/mol. The Morgan fingerprint density at radius 1 is 0.973 bits per heavy atom. The number of carbonyl (C=O) groups excluding carboxylic acids is 1. The van der Waals surface area contributed by atoms with Crippen LogP contribution < -0.4 is 15.5 Å². The number of nitrogens with zero attached hydrogens (tertiary/aromatic N) is 3. The fourth-order valence-corrected chi connectivity index (χ4v) is 5.73. The molecule has 11 heteroatoms. The van der Waals surface area contributed by atoms with Gasteiger partial charge in [0.1, 0.15) is 5.69 Å². The molecule has 0 bridgehead atoms. The van der Waals surface area contributed by atoms with E-state index < -0.39 is 14.9 Å². The van der Waals surface area contributed by atoms with E-state index in [2.05, 4.69) is 10.6 Å². The Labute approximate surface area is 216 Å². The quantitative estimate of drug-likeness (QED) is 0.334. The summed E-state index contributed by atoms with van der Waals surface area (Å²) in [5.41, 5.74) is 2.71. The molecule has 1 aliphatic heterocycles. The Balaban J connectivity index is 1.47. The first-order valence-corrected chi connectivity index (χ1v) is 13.3. The third-order valence-corrected chi connectivity index (χ3v) is 8.18. The van der Waals surface area contributed by atoms with Crippen LogP contribution in [0.4, 0.5) is 22.7 Å². The normalized spacial score (nSPS) is 15.1. The van der Waals surface area contributed by atoms with Crippen LogP contribution in [0.3, 0.4) is 0 Å². The molecule has 0 aromatic heterocycles. The molecule has 0 spiro atoms. The van der Waals surface area contributed by atoms with E-state index in [-0.39, 0.29) is 35.6 Å². The van der Waals surface area contributed by atoms with Gasteiger partial charge in [0.2, 0.25) is 15.9 Å². The Morgan fingerprint density at radius 3 is 2.22 bits per heavy atom. The number of benzene rings is 3. The van der Waals surface area contributed by atoms with Crippen molar-refractivity contribution in [1.29, 1.82) is 0 Å². The van der Waals surface area contributed by atoms with Crippen molar-refractivity contribution in [3.63, 3.8) is 0 Å². The first-order valence-electron chi connectivity index (χ1n) is 11.9. The van der Waals surface area contributed by atoms with Crippen molar-refractivity contribution in [2.75, 3.05) is 41.7 Å². The van der Waals surface area contributed by atoms with Gasteiger partial charge in [-0.15, -0.1) is 0 Å². The molecule has 2 N–H and O–H groups in total. The van der Waals surface area contributed by atoms with Crippen LogP contribution >= 0.6 is 0 Å². The van der Waals surface area contributed by atoms with Crippen LogP contribution in [0.1, 0.15) is 25.5 Å². The van der Waals surface area contributed by atoms with Gasteiger partial charge in [-0.1, -0.05) is 30.3 Å². The topological polar surface area (TPSA) is 125 Å². The maximum Gasteiger partial charge on any atom is 0.292 e. The Bertz CT molecular complexity index is 1370. The van der Waals surface area contributed by atoms with Gasteiger partial charge in [-0.3, -0.25) is 14.9 Å². The van der Waals surface area contributed by atoms with E-state index in [0.717, 1.165) is 11.3 Å². The maximum absolute atomic E-state index is 13.1. The van der Waals surface area contributed by atoms with E-state index in [9.17, 15) is 23.3 Å². The van der Waals surface area contributed by atoms with E-state index in [4.69, 9.17) is 0 Å². The number of piperazine rings is 1. The third kappa shape index (κ3) is 6.07. The van der Waals surface area contributed by atoms with Gasteiger partial charge in [-0.25, -0.2) is 8.42 Å². The molecular weight excluding hydrogens is 494 g/mol. The molecular formula is C26H29N5O5S. The molecule has 1 amide bonds. The number of anilines is 3. The largest absolute Gasteiger partial charge is 0.373 e. The summed E-state index contributed by atoms with van der Waals surface area (Å²) in [4.78, 5) is 24.6. The van der Waals surface area contributed by atoms with Crippen LogP contribution in [0.15, 0.2) is 77.7 Å². The highest BCUT2D eigenvalue weighted by atomic mass is 32.2. The van der Waals surface area contributed by atoms with Gasteiger partial charge in [0.25, 0.3) is 5.69 Å². The molecule has 3 aromatic carbocycles.